The van der Waals surface area contributed by atoms with Gasteiger partial charge in [0.15, 0.2) is 0 Å². The quantitative estimate of drug-likeness (QED) is 0.851. The van der Waals surface area contributed by atoms with Crippen molar-refractivity contribution in [3.05, 3.63) is 35.5 Å². The molecule has 0 saturated carbocycles. The summed E-state index contributed by atoms with van der Waals surface area (Å²) in [4.78, 5) is 9.55. The Morgan fingerprint density at radius 2 is 2.05 bits per heavy atom. The highest BCUT2D eigenvalue weighted by molar-refractivity contribution is 5.93. The van der Waals surface area contributed by atoms with Crippen LogP contribution in [-0.4, -0.2) is 49.8 Å². The summed E-state index contributed by atoms with van der Waals surface area (Å²) in [6.07, 6.45) is 4.45. The summed E-state index contributed by atoms with van der Waals surface area (Å²) in [6, 6.07) is 6.79. The van der Waals surface area contributed by atoms with Crippen molar-refractivity contribution >= 4 is 16.6 Å². The van der Waals surface area contributed by atoms with E-state index in [9.17, 15) is 0 Å². The number of ether oxygens (including phenoxy) is 1. The first-order valence-corrected chi connectivity index (χ1v) is 8.23. The number of nitrogens with zero attached hydrogens (tertiary/aromatic N) is 3. The second kappa shape index (κ2) is 5.86. The van der Waals surface area contributed by atoms with Crippen molar-refractivity contribution in [2.24, 2.45) is 0 Å². The minimum atomic E-state index is 0.851. The first-order chi connectivity index (χ1) is 10.8. The lowest BCUT2D eigenvalue weighted by atomic mass is 9.99. The third-order valence-corrected chi connectivity index (χ3v) is 4.81. The molecule has 0 amide bonds. The third kappa shape index (κ3) is 2.57. The standard InChI is InChI=1S/C18H23N3O/c1-20-6-2-3-15-12-19-17-11-14(4-5-16(17)18(15)20)13-21-7-9-22-10-8-21/h4-5,11-12H,2-3,6-10,13H2,1H3. The highest BCUT2D eigenvalue weighted by atomic mass is 16.5. The van der Waals surface area contributed by atoms with Crippen molar-refractivity contribution in [3.63, 3.8) is 0 Å². The SMILES string of the molecule is CN1CCCc2cnc3cc(CN4CCOCC4)ccc3c21. The smallest absolute Gasteiger partial charge is 0.0726 e. The Bertz CT molecular complexity index is 679. The van der Waals surface area contributed by atoms with Crippen molar-refractivity contribution in [3.8, 4) is 0 Å². The summed E-state index contributed by atoms with van der Waals surface area (Å²) in [6.45, 7) is 5.89. The predicted octanol–water partition coefficient (Wildman–Crippen LogP) is 2.45. The maximum Gasteiger partial charge on any atom is 0.0726 e. The van der Waals surface area contributed by atoms with Crippen molar-refractivity contribution in [1.29, 1.82) is 0 Å². The molecule has 1 saturated heterocycles. The average molecular weight is 297 g/mol. The lowest BCUT2D eigenvalue weighted by Crippen LogP contribution is -2.35. The van der Waals surface area contributed by atoms with Gasteiger partial charge in [-0.05, 0) is 30.0 Å². The Morgan fingerprint density at radius 1 is 1.18 bits per heavy atom. The van der Waals surface area contributed by atoms with Gasteiger partial charge in [0, 0.05) is 44.8 Å². The zero-order valence-corrected chi connectivity index (χ0v) is 13.2. The van der Waals surface area contributed by atoms with E-state index in [1.807, 2.05) is 0 Å². The first-order valence-electron chi connectivity index (χ1n) is 8.23. The lowest BCUT2D eigenvalue weighted by Gasteiger charge is -2.29. The van der Waals surface area contributed by atoms with Crippen LogP contribution in [0.15, 0.2) is 24.4 Å². The average Bonchev–Trinajstić information content (AvgIpc) is 2.55. The van der Waals surface area contributed by atoms with Crippen molar-refractivity contribution in [1.82, 2.24) is 9.88 Å². The van der Waals surface area contributed by atoms with E-state index < -0.39 is 0 Å². The number of pyridine rings is 1. The number of hydrogen-bond donors (Lipinski definition) is 0. The highest BCUT2D eigenvalue weighted by Crippen LogP contribution is 2.33. The molecule has 0 spiro atoms. The number of aromatic nitrogens is 1. The molecule has 1 aromatic carbocycles. The molecule has 0 aliphatic carbocycles. The Morgan fingerprint density at radius 3 is 2.91 bits per heavy atom. The molecule has 4 heteroatoms. The van der Waals surface area contributed by atoms with E-state index in [1.165, 1.54) is 28.6 Å². The van der Waals surface area contributed by atoms with Crippen LogP contribution in [0.25, 0.3) is 10.9 Å². The van der Waals surface area contributed by atoms with Gasteiger partial charge in [0.25, 0.3) is 0 Å². The van der Waals surface area contributed by atoms with Gasteiger partial charge in [0.2, 0.25) is 0 Å². The fourth-order valence-corrected chi connectivity index (χ4v) is 3.63. The molecule has 2 aliphatic rings. The topological polar surface area (TPSA) is 28.6 Å². The molecule has 0 unspecified atom stereocenters. The Balaban J connectivity index is 1.66. The molecule has 1 fully saturated rings. The van der Waals surface area contributed by atoms with E-state index in [0.717, 1.165) is 51.3 Å². The van der Waals surface area contributed by atoms with E-state index in [4.69, 9.17) is 9.72 Å². The van der Waals surface area contributed by atoms with Crippen LogP contribution in [-0.2, 0) is 17.7 Å². The Hall–Kier alpha value is -1.65. The second-order valence-corrected chi connectivity index (χ2v) is 6.40. The van der Waals surface area contributed by atoms with Gasteiger partial charge in [0.05, 0.1) is 24.4 Å². The number of anilines is 1. The summed E-state index contributed by atoms with van der Waals surface area (Å²) in [5.41, 5.74) is 5.25. The fraction of sp³-hybridized carbons (Fsp3) is 0.500. The van der Waals surface area contributed by atoms with Crippen LogP contribution in [0.3, 0.4) is 0 Å². The van der Waals surface area contributed by atoms with E-state index in [0.29, 0.717) is 0 Å². The minimum absolute atomic E-state index is 0.851. The molecular weight excluding hydrogens is 274 g/mol. The van der Waals surface area contributed by atoms with Gasteiger partial charge in [-0.3, -0.25) is 9.88 Å². The number of hydrogen-bond acceptors (Lipinski definition) is 4. The summed E-state index contributed by atoms with van der Waals surface area (Å²) >= 11 is 0. The number of morpholine rings is 1. The van der Waals surface area contributed by atoms with Gasteiger partial charge in [-0.2, -0.15) is 0 Å². The Kier molecular flexibility index (Phi) is 3.72. The maximum atomic E-state index is 5.42. The van der Waals surface area contributed by atoms with Gasteiger partial charge < -0.3 is 9.64 Å². The fourth-order valence-electron chi connectivity index (χ4n) is 3.63. The van der Waals surface area contributed by atoms with Gasteiger partial charge in [-0.15, -0.1) is 0 Å². The van der Waals surface area contributed by atoms with Crippen LogP contribution in [0.1, 0.15) is 17.5 Å². The number of fused-ring (bicyclic) bond motifs is 3. The normalized spacial score (nSPS) is 19.4. The van der Waals surface area contributed by atoms with Crippen LogP contribution >= 0.6 is 0 Å². The third-order valence-electron chi connectivity index (χ3n) is 4.81. The Labute approximate surface area is 131 Å². The minimum Gasteiger partial charge on any atom is -0.379 e. The van der Waals surface area contributed by atoms with Crippen LogP contribution in [0.4, 0.5) is 5.69 Å². The van der Waals surface area contributed by atoms with E-state index in [2.05, 4.69) is 41.2 Å². The van der Waals surface area contributed by atoms with E-state index >= 15 is 0 Å². The number of benzene rings is 1. The number of aryl methyl sites for hydroxylation is 1. The molecule has 2 aliphatic heterocycles. The largest absolute Gasteiger partial charge is 0.379 e. The molecule has 0 atom stereocenters. The molecule has 2 aromatic rings. The summed E-state index contributed by atoms with van der Waals surface area (Å²) in [7, 11) is 2.19. The highest BCUT2D eigenvalue weighted by Gasteiger charge is 2.18. The molecule has 0 radical (unpaired) electrons. The maximum absolute atomic E-state index is 5.42. The monoisotopic (exact) mass is 297 g/mol. The van der Waals surface area contributed by atoms with E-state index in [-0.39, 0.29) is 0 Å². The molecule has 3 heterocycles. The number of rotatable bonds is 2. The molecule has 22 heavy (non-hydrogen) atoms. The zero-order valence-electron chi connectivity index (χ0n) is 13.2. The van der Waals surface area contributed by atoms with Gasteiger partial charge in [0.1, 0.15) is 0 Å². The van der Waals surface area contributed by atoms with Gasteiger partial charge >= 0.3 is 0 Å². The molecule has 4 nitrogen and oxygen atoms in total. The molecule has 0 bridgehead atoms. The van der Waals surface area contributed by atoms with Crippen LogP contribution in [0, 0.1) is 0 Å². The summed E-state index contributed by atoms with van der Waals surface area (Å²) < 4.78 is 5.42. The molecule has 0 N–H and O–H groups in total. The van der Waals surface area contributed by atoms with Crippen molar-refractivity contribution < 1.29 is 4.74 Å². The van der Waals surface area contributed by atoms with E-state index in [1.54, 1.807) is 0 Å². The van der Waals surface area contributed by atoms with Crippen molar-refractivity contribution in [2.45, 2.75) is 19.4 Å². The molecule has 116 valence electrons. The predicted molar refractivity (Wildman–Crippen MR) is 89.4 cm³/mol. The molecular formula is C18H23N3O. The summed E-state index contributed by atoms with van der Waals surface area (Å²) in [5.74, 6) is 0. The van der Waals surface area contributed by atoms with Crippen LogP contribution in [0.2, 0.25) is 0 Å². The van der Waals surface area contributed by atoms with Crippen molar-refractivity contribution in [2.75, 3.05) is 44.8 Å². The lowest BCUT2D eigenvalue weighted by molar-refractivity contribution is 0.0342. The first kappa shape index (κ1) is 14.0. The summed E-state index contributed by atoms with van der Waals surface area (Å²) in [5, 5.41) is 1.30. The van der Waals surface area contributed by atoms with Gasteiger partial charge in [-0.1, -0.05) is 12.1 Å². The zero-order chi connectivity index (χ0) is 14.9. The second-order valence-electron chi connectivity index (χ2n) is 6.40. The van der Waals surface area contributed by atoms with Crippen LogP contribution < -0.4 is 4.90 Å². The molecule has 1 aromatic heterocycles. The van der Waals surface area contributed by atoms with Gasteiger partial charge in [-0.25, -0.2) is 0 Å². The molecule has 4 rings (SSSR count). The van der Waals surface area contributed by atoms with Crippen LogP contribution in [0.5, 0.6) is 0 Å².